The highest BCUT2D eigenvalue weighted by Gasteiger charge is 2.45. The second-order valence-electron chi connectivity index (χ2n) is 8.56. The summed E-state index contributed by atoms with van der Waals surface area (Å²) in [7, 11) is 0. The number of fused-ring (bicyclic) bond motifs is 3. The molecule has 3 atom stereocenters. The molecule has 7 heteroatoms. The van der Waals surface area contributed by atoms with Gasteiger partial charge in [-0.25, -0.2) is 9.37 Å². The van der Waals surface area contributed by atoms with Gasteiger partial charge in [0.15, 0.2) is 0 Å². The monoisotopic (exact) mass is 420 g/mol. The van der Waals surface area contributed by atoms with Crippen LogP contribution in [0.4, 0.5) is 16.0 Å². The zero-order valence-electron chi connectivity index (χ0n) is 17.4. The smallest absolute Gasteiger partial charge is 0.253 e. The van der Waals surface area contributed by atoms with Gasteiger partial charge in [0.25, 0.3) is 5.91 Å². The van der Waals surface area contributed by atoms with E-state index < -0.39 is 17.8 Å². The fourth-order valence-electron chi connectivity index (χ4n) is 4.99. The summed E-state index contributed by atoms with van der Waals surface area (Å²) in [6.07, 6.45) is 4.19. The summed E-state index contributed by atoms with van der Waals surface area (Å²) in [5.41, 5.74) is 1.75. The molecule has 1 fully saturated rings. The molecule has 3 aromatic rings. The van der Waals surface area contributed by atoms with Crippen LogP contribution in [0.25, 0.3) is 11.0 Å². The topological polar surface area (TPSA) is 67.2 Å². The van der Waals surface area contributed by atoms with Crippen molar-refractivity contribution < 1.29 is 14.0 Å². The number of imidazole rings is 1. The van der Waals surface area contributed by atoms with Crippen molar-refractivity contribution in [2.75, 3.05) is 10.2 Å². The molecule has 1 N–H and O–H groups in total. The lowest BCUT2D eigenvalue weighted by molar-refractivity contribution is -0.125. The fourth-order valence-corrected chi connectivity index (χ4v) is 4.99. The summed E-state index contributed by atoms with van der Waals surface area (Å²) < 4.78 is 15.9. The minimum absolute atomic E-state index is 0.0713. The zero-order valence-corrected chi connectivity index (χ0v) is 17.4. The van der Waals surface area contributed by atoms with E-state index in [4.69, 9.17) is 4.98 Å². The SMILES string of the molecule is C[C@@H]1CCCC[C@@H]1N1C(=O)[C@H](CC(=O)Nc2ccccc2F)n2c1nc1ccccc12. The van der Waals surface area contributed by atoms with Crippen molar-refractivity contribution in [3.8, 4) is 0 Å². The summed E-state index contributed by atoms with van der Waals surface area (Å²) in [4.78, 5) is 33.0. The predicted octanol–water partition coefficient (Wildman–Crippen LogP) is 4.67. The van der Waals surface area contributed by atoms with Gasteiger partial charge >= 0.3 is 0 Å². The van der Waals surface area contributed by atoms with Crippen LogP contribution in [0.1, 0.15) is 45.1 Å². The number of carbonyl (C=O) groups is 2. The lowest BCUT2D eigenvalue weighted by atomic mass is 9.85. The first-order valence-corrected chi connectivity index (χ1v) is 10.9. The lowest BCUT2D eigenvalue weighted by Crippen LogP contribution is -2.44. The Morgan fingerprint density at radius 1 is 1.13 bits per heavy atom. The van der Waals surface area contributed by atoms with Crippen LogP contribution < -0.4 is 10.2 Å². The van der Waals surface area contributed by atoms with E-state index in [2.05, 4.69) is 12.2 Å². The van der Waals surface area contributed by atoms with Crippen LogP contribution in [0.2, 0.25) is 0 Å². The van der Waals surface area contributed by atoms with Crippen molar-refractivity contribution in [2.24, 2.45) is 5.92 Å². The van der Waals surface area contributed by atoms with Gasteiger partial charge in [-0.1, -0.05) is 44.0 Å². The van der Waals surface area contributed by atoms with E-state index in [1.807, 2.05) is 33.7 Å². The molecule has 1 aliphatic carbocycles. The highest BCUT2D eigenvalue weighted by Crippen LogP contribution is 2.41. The number of hydrogen-bond donors (Lipinski definition) is 1. The van der Waals surface area contributed by atoms with E-state index >= 15 is 0 Å². The van der Waals surface area contributed by atoms with Gasteiger partial charge in [-0.15, -0.1) is 0 Å². The molecule has 5 rings (SSSR count). The van der Waals surface area contributed by atoms with Gasteiger partial charge in [0.2, 0.25) is 11.9 Å². The Kier molecular flexibility index (Phi) is 4.96. The number of aromatic nitrogens is 2. The van der Waals surface area contributed by atoms with E-state index in [0.29, 0.717) is 11.9 Å². The zero-order chi connectivity index (χ0) is 21.5. The van der Waals surface area contributed by atoms with Crippen molar-refractivity contribution in [1.29, 1.82) is 0 Å². The normalized spacial score (nSPS) is 23.2. The molecule has 0 bridgehead atoms. The molecular formula is C24H25FN4O2. The third-order valence-electron chi connectivity index (χ3n) is 6.55. The van der Waals surface area contributed by atoms with E-state index in [9.17, 15) is 14.0 Å². The predicted molar refractivity (Wildman–Crippen MR) is 117 cm³/mol. The number of halogens is 1. The molecular weight excluding hydrogens is 395 g/mol. The van der Waals surface area contributed by atoms with Crippen molar-refractivity contribution in [2.45, 2.75) is 51.1 Å². The molecule has 0 unspecified atom stereocenters. The molecule has 2 amide bonds. The maximum atomic E-state index is 14.0. The number of nitrogens with zero attached hydrogens (tertiary/aromatic N) is 3. The lowest BCUT2D eigenvalue weighted by Gasteiger charge is -2.35. The second-order valence-corrected chi connectivity index (χ2v) is 8.56. The van der Waals surface area contributed by atoms with Crippen LogP contribution in [-0.4, -0.2) is 27.4 Å². The molecule has 0 radical (unpaired) electrons. The quantitative estimate of drug-likeness (QED) is 0.667. The number of amides is 2. The fraction of sp³-hybridized carbons (Fsp3) is 0.375. The van der Waals surface area contributed by atoms with Crippen molar-refractivity contribution in [3.63, 3.8) is 0 Å². The highest BCUT2D eigenvalue weighted by atomic mass is 19.1. The molecule has 6 nitrogen and oxygen atoms in total. The molecule has 0 spiro atoms. The van der Waals surface area contributed by atoms with E-state index in [1.54, 1.807) is 12.1 Å². The van der Waals surface area contributed by atoms with Crippen LogP contribution in [0.3, 0.4) is 0 Å². The van der Waals surface area contributed by atoms with Crippen LogP contribution in [0, 0.1) is 11.7 Å². The van der Waals surface area contributed by atoms with E-state index in [-0.39, 0.29) is 24.1 Å². The number of nitrogens with one attached hydrogen (secondary N) is 1. The third-order valence-corrected chi connectivity index (χ3v) is 6.55. The van der Waals surface area contributed by atoms with Crippen molar-refractivity contribution in [1.82, 2.24) is 9.55 Å². The summed E-state index contributed by atoms with van der Waals surface area (Å²) in [6, 6.07) is 13.1. The van der Waals surface area contributed by atoms with Gasteiger partial charge < -0.3 is 5.32 Å². The van der Waals surface area contributed by atoms with Gasteiger partial charge in [-0.05, 0) is 43.0 Å². The van der Waals surface area contributed by atoms with Crippen LogP contribution >= 0.6 is 0 Å². The standard InChI is InChI=1S/C24H25FN4O2/c1-15-8-2-6-12-19(15)29-23(31)21(14-22(30)26-17-10-4-3-9-16(17)25)28-20-13-7-5-11-18(20)27-24(28)29/h3-5,7,9-11,13,15,19,21H,2,6,8,12,14H2,1H3,(H,26,30)/t15-,19+,21+/m1/s1. The maximum absolute atomic E-state index is 14.0. The molecule has 31 heavy (non-hydrogen) atoms. The average molecular weight is 420 g/mol. The van der Waals surface area contributed by atoms with Crippen LogP contribution in [0.15, 0.2) is 48.5 Å². The summed E-state index contributed by atoms with van der Waals surface area (Å²) in [5.74, 6) is -0.00738. The van der Waals surface area contributed by atoms with Crippen molar-refractivity contribution in [3.05, 3.63) is 54.3 Å². The summed E-state index contributed by atoms with van der Waals surface area (Å²) in [5, 5.41) is 2.61. The number of rotatable bonds is 4. The Labute approximate surface area is 180 Å². The van der Waals surface area contributed by atoms with Gasteiger partial charge in [-0.2, -0.15) is 0 Å². The Hall–Kier alpha value is -3.22. The van der Waals surface area contributed by atoms with E-state index in [0.717, 1.165) is 30.3 Å². The number of carbonyl (C=O) groups excluding carboxylic acids is 2. The Balaban J connectivity index is 1.50. The first-order valence-electron chi connectivity index (χ1n) is 10.9. The Morgan fingerprint density at radius 3 is 2.68 bits per heavy atom. The van der Waals surface area contributed by atoms with Crippen LogP contribution in [-0.2, 0) is 9.59 Å². The van der Waals surface area contributed by atoms with Gasteiger partial charge in [0, 0.05) is 6.04 Å². The molecule has 2 heterocycles. The molecule has 1 aromatic heterocycles. The molecule has 1 saturated carbocycles. The Morgan fingerprint density at radius 2 is 1.87 bits per heavy atom. The number of anilines is 2. The largest absolute Gasteiger partial charge is 0.324 e. The minimum atomic E-state index is -0.691. The molecule has 2 aliphatic rings. The third kappa shape index (κ3) is 3.38. The van der Waals surface area contributed by atoms with Gasteiger partial charge in [0.05, 0.1) is 23.1 Å². The van der Waals surface area contributed by atoms with Gasteiger partial charge in [-0.3, -0.25) is 19.1 Å². The highest BCUT2D eigenvalue weighted by molar-refractivity contribution is 6.05. The second kappa shape index (κ2) is 7.80. The molecule has 2 aromatic carbocycles. The molecule has 160 valence electrons. The number of para-hydroxylation sites is 3. The first-order chi connectivity index (χ1) is 15.0. The summed E-state index contributed by atoms with van der Waals surface area (Å²) in [6.45, 7) is 2.18. The molecule has 1 aliphatic heterocycles. The minimum Gasteiger partial charge on any atom is -0.324 e. The number of benzene rings is 2. The number of hydrogen-bond acceptors (Lipinski definition) is 3. The summed E-state index contributed by atoms with van der Waals surface area (Å²) >= 11 is 0. The van der Waals surface area contributed by atoms with Crippen molar-refractivity contribution >= 4 is 34.5 Å². The first kappa shape index (κ1) is 19.7. The van der Waals surface area contributed by atoms with Gasteiger partial charge in [0.1, 0.15) is 11.9 Å². The maximum Gasteiger partial charge on any atom is 0.253 e. The van der Waals surface area contributed by atoms with E-state index in [1.165, 1.54) is 18.6 Å². The van der Waals surface area contributed by atoms with Crippen LogP contribution in [0.5, 0.6) is 0 Å². The molecule has 0 saturated heterocycles. The Bertz CT molecular complexity index is 1160. The average Bonchev–Trinajstić information content (AvgIpc) is 3.25.